The Labute approximate surface area is 109 Å². The first-order chi connectivity index (χ1) is 8.58. The number of aromatic carboxylic acids is 1. The Kier molecular flexibility index (Phi) is 3.62. The second kappa shape index (κ2) is 5.18. The first kappa shape index (κ1) is 12.6. The van der Waals surface area contributed by atoms with Crippen LogP contribution in [-0.4, -0.2) is 16.1 Å². The summed E-state index contributed by atoms with van der Waals surface area (Å²) >= 11 is 1.61. The third-order valence-corrected chi connectivity index (χ3v) is 3.33. The number of hydrogen-bond donors (Lipinski definition) is 2. The summed E-state index contributed by atoms with van der Waals surface area (Å²) < 4.78 is 0. The third-order valence-electron chi connectivity index (χ3n) is 2.60. The predicted octanol–water partition coefficient (Wildman–Crippen LogP) is 3.07. The van der Waals surface area contributed by atoms with Crippen molar-refractivity contribution < 1.29 is 9.90 Å². The molecule has 0 aliphatic heterocycles. The molecule has 4 nitrogen and oxygen atoms in total. The lowest BCUT2D eigenvalue weighted by molar-refractivity contribution is 0.0697. The van der Waals surface area contributed by atoms with Gasteiger partial charge in [-0.15, -0.1) is 0 Å². The van der Waals surface area contributed by atoms with Crippen LogP contribution in [0.1, 0.15) is 27.2 Å². The van der Waals surface area contributed by atoms with Gasteiger partial charge in [-0.05, 0) is 47.9 Å². The number of aryl methyl sites for hydroxylation is 2. The van der Waals surface area contributed by atoms with Crippen LogP contribution in [0.4, 0.5) is 5.82 Å². The summed E-state index contributed by atoms with van der Waals surface area (Å²) in [5.74, 6) is -0.515. The number of anilines is 1. The molecule has 2 N–H and O–H groups in total. The highest BCUT2D eigenvalue weighted by molar-refractivity contribution is 7.07. The monoisotopic (exact) mass is 262 g/mol. The molecule has 0 atom stereocenters. The Morgan fingerprint density at radius 3 is 2.89 bits per heavy atom. The lowest BCUT2D eigenvalue weighted by atomic mass is 10.1. The van der Waals surface area contributed by atoms with Gasteiger partial charge in [0, 0.05) is 12.2 Å². The fourth-order valence-electron chi connectivity index (χ4n) is 1.81. The Balaban J connectivity index is 2.28. The van der Waals surface area contributed by atoms with Crippen LogP contribution >= 0.6 is 11.3 Å². The summed E-state index contributed by atoms with van der Waals surface area (Å²) in [6, 6.07) is 3.78. The average molecular weight is 262 g/mol. The number of hydrogen-bond acceptors (Lipinski definition) is 4. The van der Waals surface area contributed by atoms with Gasteiger partial charge < -0.3 is 10.4 Å². The molecule has 0 radical (unpaired) electrons. The van der Waals surface area contributed by atoms with E-state index in [2.05, 4.69) is 10.3 Å². The van der Waals surface area contributed by atoms with E-state index in [4.69, 9.17) is 0 Å². The van der Waals surface area contributed by atoms with E-state index in [9.17, 15) is 9.90 Å². The summed E-state index contributed by atoms with van der Waals surface area (Å²) in [6.07, 6.45) is 0. The standard InChI is InChI=1S/C13H14N2O2S/c1-8-5-9(2)15-12(11(8)13(16)17)14-6-10-3-4-18-7-10/h3-5,7H,6H2,1-2H3,(H,14,15)(H,16,17). The van der Waals surface area contributed by atoms with E-state index >= 15 is 0 Å². The zero-order valence-corrected chi connectivity index (χ0v) is 11.0. The molecule has 2 aromatic heterocycles. The molecular formula is C13H14N2O2S. The minimum absolute atomic E-state index is 0.246. The van der Waals surface area contributed by atoms with Crippen LogP contribution in [0.15, 0.2) is 22.9 Å². The normalized spacial score (nSPS) is 10.3. The third kappa shape index (κ3) is 2.68. The SMILES string of the molecule is Cc1cc(C)c(C(=O)O)c(NCc2ccsc2)n1. The quantitative estimate of drug-likeness (QED) is 0.889. The number of carbonyl (C=O) groups is 1. The van der Waals surface area contributed by atoms with Crippen LogP contribution in [0.3, 0.4) is 0 Å². The maximum absolute atomic E-state index is 11.2. The van der Waals surface area contributed by atoms with Gasteiger partial charge in [0.05, 0.1) is 0 Å². The molecule has 18 heavy (non-hydrogen) atoms. The molecule has 5 heteroatoms. The number of nitrogens with zero attached hydrogens (tertiary/aromatic N) is 1. The van der Waals surface area contributed by atoms with Crippen molar-refractivity contribution in [3.63, 3.8) is 0 Å². The summed E-state index contributed by atoms with van der Waals surface area (Å²) in [7, 11) is 0. The lowest BCUT2D eigenvalue weighted by Crippen LogP contribution is -2.10. The largest absolute Gasteiger partial charge is 0.478 e. The van der Waals surface area contributed by atoms with Crippen LogP contribution in [0.25, 0.3) is 0 Å². The molecule has 0 saturated carbocycles. The van der Waals surface area contributed by atoms with E-state index in [1.54, 1.807) is 24.3 Å². The van der Waals surface area contributed by atoms with Gasteiger partial charge in [0.25, 0.3) is 0 Å². The van der Waals surface area contributed by atoms with Crippen LogP contribution in [-0.2, 0) is 6.54 Å². The number of aromatic nitrogens is 1. The van der Waals surface area contributed by atoms with Gasteiger partial charge in [0.15, 0.2) is 0 Å². The van der Waals surface area contributed by atoms with Crippen molar-refractivity contribution in [2.75, 3.05) is 5.32 Å². The number of rotatable bonds is 4. The number of carboxylic acid groups (broad SMARTS) is 1. The van der Waals surface area contributed by atoms with Gasteiger partial charge in [-0.1, -0.05) is 0 Å². The van der Waals surface area contributed by atoms with Crippen molar-refractivity contribution in [1.29, 1.82) is 0 Å². The highest BCUT2D eigenvalue weighted by Gasteiger charge is 2.15. The maximum atomic E-state index is 11.2. The fourth-order valence-corrected chi connectivity index (χ4v) is 2.48. The van der Waals surface area contributed by atoms with Crippen molar-refractivity contribution in [1.82, 2.24) is 4.98 Å². The van der Waals surface area contributed by atoms with Crippen molar-refractivity contribution in [3.05, 3.63) is 45.3 Å². The van der Waals surface area contributed by atoms with Gasteiger partial charge >= 0.3 is 5.97 Å². The van der Waals surface area contributed by atoms with Crippen molar-refractivity contribution in [3.8, 4) is 0 Å². The second-order valence-electron chi connectivity index (χ2n) is 4.09. The molecule has 0 spiro atoms. The molecule has 0 unspecified atom stereocenters. The van der Waals surface area contributed by atoms with Crippen molar-refractivity contribution in [2.45, 2.75) is 20.4 Å². The summed E-state index contributed by atoms with van der Waals surface area (Å²) in [6.45, 7) is 4.22. The van der Waals surface area contributed by atoms with Crippen LogP contribution in [0, 0.1) is 13.8 Å². The Hall–Kier alpha value is -1.88. The molecule has 0 aliphatic carbocycles. The fraction of sp³-hybridized carbons (Fsp3) is 0.231. The van der Waals surface area contributed by atoms with E-state index in [0.717, 1.165) is 16.8 Å². The smallest absolute Gasteiger partial charge is 0.339 e. The minimum atomic E-state index is -0.951. The Morgan fingerprint density at radius 2 is 2.28 bits per heavy atom. The molecule has 94 valence electrons. The molecule has 2 heterocycles. The first-order valence-electron chi connectivity index (χ1n) is 5.54. The highest BCUT2D eigenvalue weighted by Crippen LogP contribution is 2.19. The van der Waals surface area contributed by atoms with E-state index in [1.165, 1.54) is 0 Å². The first-order valence-corrected chi connectivity index (χ1v) is 6.48. The van der Waals surface area contributed by atoms with E-state index in [1.807, 2.05) is 23.8 Å². The van der Waals surface area contributed by atoms with Crippen LogP contribution in [0.2, 0.25) is 0 Å². The molecule has 0 saturated heterocycles. The lowest BCUT2D eigenvalue weighted by Gasteiger charge is -2.11. The number of pyridine rings is 1. The van der Waals surface area contributed by atoms with Crippen LogP contribution < -0.4 is 5.32 Å². The Morgan fingerprint density at radius 1 is 1.50 bits per heavy atom. The maximum Gasteiger partial charge on any atom is 0.339 e. The topological polar surface area (TPSA) is 62.2 Å². The van der Waals surface area contributed by atoms with Gasteiger partial charge in [-0.25, -0.2) is 9.78 Å². The summed E-state index contributed by atoms with van der Waals surface area (Å²) in [5.41, 5.74) is 2.90. The number of nitrogens with one attached hydrogen (secondary N) is 1. The predicted molar refractivity (Wildman–Crippen MR) is 72.3 cm³/mol. The number of thiophene rings is 1. The number of carboxylic acids is 1. The second-order valence-corrected chi connectivity index (χ2v) is 4.87. The molecular weight excluding hydrogens is 248 g/mol. The van der Waals surface area contributed by atoms with Gasteiger partial charge in [0.1, 0.15) is 11.4 Å². The van der Waals surface area contributed by atoms with E-state index in [0.29, 0.717) is 12.4 Å². The highest BCUT2D eigenvalue weighted by atomic mass is 32.1. The molecule has 0 aromatic carbocycles. The average Bonchev–Trinajstić information content (AvgIpc) is 2.77. The molecule has 2 aromatic rings. The minimum Gasteiger partial charge on any atom is -0.478 e. The molecule has 0 amide bonds. The van der Waals surface area contributed by atoms with Crippen molar-refractivity contribution >= 4 is 23.1 Å². The van der Waals surface area contributed by atoms with E-state index < -0.39 is 5.97 Å². The molecule has 0 bridgehead atoms. The molecule has 2 rings (SSSR count). The van der Waals surface area contributed by atoms with Gasteiger partial charge in [-0.3, -0.25) is 0 Å². The zero-order valence-electron chi connectivity index (χ0n) is 10.2. The molecule has 0 aliphatic rings. The summed E-state index contributed by atoms with van der Waals surface area (Å²) in [5, 5.41) is 16.3. The van der Waals surface area contributed by atoms with Crippen molar-refractivity contribution in [2.24, 2.45) is 0 Å². The zero-order chi connectivity index (χ0) is 13.1. The molecule has 0 fully saturated rings. The van der Waals surface area contributed by atoms with Gasteiger partial charge in [0.2, 0.25) is 0 Å². The summed E-state index contributed by atoms with van der Waals surface area (Å²) in [4.78, 5) is 15.5. The van der Waals surface area contributed by atoms with E-state index in [-0.39, 0.29) is 5.56 Å². The van der Waals surface area contributed by atoms with Crippen LogP contribution in [0.5, 0.6) is 0 Å². The Bertz CT molecular complexity index is 565. The van der Waals surface area contributed by atoms with Gasteiger partial charge in [-0.2, -0.15) is 11.3 Å².